The first-order valence-corrected chi connectivity index (χ1v) is 7.31. The standard InChI is InChI=1S/C17H13BrN2O/c1-11-6-7-16(19-9-11)20-10-12-8-15(18)13-4-2-3-5-14(13)17(12)21/h2-10,21H,1H3. The summed E-state index contributed by atoms with van der Waals surface area (Å²) < 4.78 is 0.925. The normalized spacial score (nSPS) is 11.3. The molecule has 0 aliphatic carbocycles. The maximum atomic E-state index is 10.4. The van der Waals surface area contributed by atoms with Gasteiger partial charge < -0.3 is 5.11 Å². The van der Waals surface area contributed by atoms with Crippen LogP contribution in [0.4, 0.5) is 5.82 Å². The van der Waals surface area contributed by atoms with Crippen LogP contribution in [0.1, 0.15) is 11.1 Å². The number of nitrogens with zero attached hydrogens (tertiary/aromatic N) is 2. The van der Waals surface area contributed by atoms with Gasteiger partial charge in [-0.1, -0.05) is 46.3 Å². The molecule has 3 rings (SSSR count). The minimum Gasteiger partial charge on any atom is -0.507 e. The number of aryl methyl sites for hydroxylation is 1. The Hall–Kier alpha value is -2.20. The minimum atomic E-state index is 0.227. The molecule has 0 bridgehead atoms. The highest BCUT2D eigenvalue weighted by atomic mass is 79.9. The van der Waals surface area contributed by atoms with Crippen LogP contribution in [0, 0.1) is 6.92 Å². The molecule has 0 saturated carbocycles. The van der Waals surface area contributed by atoms with Crippen LogP contribution >= 0.6 is 15.9 Å². The van der Waals surface area contributed by atoms with Crippen molar-refractivity contribution in [1.29, 1.82) is 0 Å². The average Bonchev–Trinajstić information content (AvgIpc) is 2.51. The summed E-state index contributed by atoms with van der Waals surface area (Å²) in [7, 11) is 0. The van der Waals surface area contributed by atoms with Crippen molar-refractivity contribution >= 4 is 38.7 Å². The molecule has 4 heteroatoms. The van der Waals surface area contributed by atoms with Crippen molar-refractivity contribution in [3.05, 3.63) is 64.3 Å². The first-order valence-electron chi connectivity index (χ1n) is 6.52. The van der Waals surface area contributed by atoms with Gasteiger partial charge in [0.25, 0.3) is 0 Å². The van der Waals surface area contributed by atoms with Crippen molar-refractivity contribution in [3.8, 4) is 5.75 Å². The first kappa shape index (κ1) is 13.8. The number of fused-ring (bicyclic) bond motifs is 1. The van der Waals surface area contributed by atoms with Crippen molar-refractivity contribution in [2.24, 2.45) is 4.99 Å². The van der Waals surface area contributed by atoms with Gasteiger partial charge >= 0.3 is 0 Å². The monoisotopic (exact) mass is 340 g/mol. The van der Waals surface area contributed by atoms with E-state index in [1.807, 2.05) is 49.4 Å². The molecule has 0 radical (unpaired) electrons. The molecule has 104 valence electrons. The Bertz CT molecular complexity index is 826. The summed E-state index contributed by atoms with van der Waals surface area (Å²) in [6.07, 6.45) is 3.40. The maximum absolute atomic E-state index is 10.4. The lowest BCUT2D eigenvalue weighted by Gasteiger charge is -2.06. The van der Waals surface area contributed by atoms with Crippen LogP contribution in [0.25, 0.3) is 10.8 Å². The number of hydrogen-bond acceptors (Lipinski definition) is 3. The molecule has 3 nitrogen and oxygen atoms in total. The summed E-state index contributed by atoms with van der Waals surface area (Å²) in [4.78, 5) is 8.53. The SMILES string of the molecule is Cc1ccc(N=Cc2cc(Br)c3ccccc3c2O)nc1. The van der Waals surface area contributed by atoms with E-state index in [2.05, 4.69) is 25.9 Å². The third-order valence-electron chi connectivity index (χ3n) is 3.23. The van der Waals surface area contributed by atoms with Crippen LogP contribution in [-0.4, -0.2) is 16.3 Å². The molecule has 0 amide bonds. The van der Waals surface area contributed by atoms with Gasteiger partial charge in [-0.05, 0) is 30.0 Å². The number of aromatic hydroxyl groups is 1. The van der Waals surface area contributed by atoms with Crippen molar-refractivity contribution in [2.45, 2.75) is 6.92 Å². The van der Waals surface area contributed by atoms with Gasteiger partial charge in [-0.3, -0.25) is 0 Å². The Morgan fingerprint density at radius 1 is 1.14 bits per heavy atom. The second-order valence-electron chi connectivity index (χ2n) is 4.79. The van der Waals surface area contributed by atoms with Crippen LogP contribution in [0.3, 0.4) is 0 Å². The van der Waals surface area contributed by atoms with E-state index >= 15 is 0 Å². The summed E-state index contributed by atoms with van der Waals surface area (Å²) in [5.41, 5.74) is 1.74. The number of pyridine rings is 1. The number of phenolic OH excluding ortho intramolecular Hbond substituents is 1. The van der Waals surface area contributed by atoms with E-state index in [1.54, 1.807) is 12.4 Å². The van der Waals surface area contributed by atoms with Gasteiger partial charge in [-0.15, -0.1) is 0 Å². The van der Waals surface area contributed by atoms with Gasteiger partial charge in [0.2, 0.25) is 0 Å². The van der Waals surface area contributed by atoms with E-state index in [0.29, 0.717) is 11.4 Å². The van der Waals surface area contributed by atoms with Crippen LogP contribution in [0.5, 0.6) is 5.75 Å². The Morgan fingerprint density at radius 2 is 1.90 bits per heavy atom. The molecular weight excluding hydrogens is 328 g/mol. The molecule has 0 fully saturated rings. The molecule has 0 unspecified atom stereocenters. The highest BCUT2D eigenvalue weighted by Gasteiger charge is 2.08. The number of aromatic nitrogens is 1. The van der Waals surface area contributed by atoms with E-state index in [1.165, 1.54) is 0 Å². The highest BCUT2D eigenvalue weighted by molar-refractivity contribution is 9.10. The Morgan fingerprint density at radius 3 is 2.62 bits per heavy atom. The number of phenols is 1. The fourth-order valence-corrected chi connectivity index (χ4v) is 2.70. The topological polar surface area (TPSA) is 45.5 Å². The fourth-order valence-electron chi connectivity index (χ4n) is 2.11. The summed E-state index contributed by atoms with van der Waals surface area (Å²) in [5.74, 6) is 0.842. The second-order valence-corrected chi connectivity index (χ2v) is 5.65. The molecule has 1 N–H and O–H groups in total. The Balaban J connectivity index is 2.04. The summed E-state index contributed by atoms with van der Waals surface area (Å²) in [6.45, 7) is 1.98. The van der Waals surface area contributed by atoms with Crippen LogP contribution < -0.4 is 0 Å². The lowest BCUT2D eigenvalue weighted by atomic mass is 10.1. The fraction of sp³-hybridized carbons (Fsp3) is 0.0588. The molecule has 1 aromatic heterocycles. The molecule has 3 aromatic rings. The van der Waals surface area contributed by atoms with E-state index in [-0.39, 0.29) is 5.75 Å². The smallest absolute Gasteiger partial charge is 0.151 e. The minimum absolute atomic E-state index is 0.227. The molecule has 0 spiro atoms. The first-order chi connectivity index (χ1) is 10.1. The summed E-state index contributed by atoms with van der Waals surface area (Å²) in [5, 5.41) is 12.1. The molecule has 2 aromatic carbocycles. The lowest BCUT2D eigenvalue weighted by Crippen LogP contribution is -1.86. The third kappa shape index (κ3) is 2.81. The molecule has 0 aliphatic rings. The van der Waals surface area contributed by atoms with Crippen molar-refractivity contribution in [1.82, 2.24) is 4.98 Å². The predicted molar refractivity (Wildman–Crippen MR) is 89.5 cm³/mol. The number of hydrogen-bond donors (Lipinski definition) is 1. The Kier molecular flexibility index (Phi) is 3.71. The van der Waals surface area contributed by atoms with Gasteiger partial charge in [-0.25, -0.2) is 9.98 Å². The second kappa shape index (κ2) is 5.66. The van der Waals surface area contributed by atoms with E-state index in [9.17, 15) is 5.11 Å². The van der Waals surface area contributed by atoms with Gasteiger partial charge in [0.1, 0.15) is 5.75 Å². The zero-order valence-electron chi connectivity index (χ0n) is 11.4. The van der Waals surface area contributed by atoms with Crippen LogP contribution in [-0.2, 0) is 0 Å². The predicted octanol–water partition coefficient (Wildman–Crippen LogP) is 4.76. The lowest BCUT2D eigenvalue weighted by molar-refractivity contribution is 0.481. The number of rotatable bonds is 2. The third-order valence-corrected chi connectivity index (χ3v) is 3.88. The Labute approximate surface area is 131 Å². The van der Waals surface area contributed by atoms with Crippen LogP contribution in [0.2, 0.25) is 0 Å². The molecular formula is C17H13BrN2O. The summed E-state index contributed by atoms with van der Waals surface area (Å²) in [6, 6.07) is 13.3. The summed E-state index contributed by atoms with van der Waals surface area (Å²) >= 11 is 3.53. The largest absolute Gasteiger partial charge is 0.507 e. The zero-order valence-corrected chi connectivity index (χ0v) is 13.0. The number of halogens is 1. The van der Waals surface area contributed by atoms with Gasteiger partial charge in [0.15, 0.2) is 5.82 Å². The van der Waals surface area contributed by atoms with Crippen LogP contribution in [0.15, 0.2) is 58.1 Å². The van der Waals surface area contributed by atoms with E-state index in [0.717, 1.165) is 20.8 Å². The zero-order chi connectivity index (χ0) is 14.8. The molecule has 21 heavy (non-hydrogen) atoms. The highest BCUT2D eigenvalue weighted by Crippen LogP contribution is 2.33. The molecule has 0 saturated heterocycles. The van der Waals surface area contributed by atoms with Crippen molar-refractivity contribution in [2.75, 3.05) is 0 Å². The molecule has 0 aliphatic heterocycles. The molecule has 0 atom stereocenters. The van der Waals surface area contributed by atoms with Gasteiger partial charge in [0.05, 0.1) is 0 Å². The van der Waals surface area contributed by atoms with Gasteiger partial charge in [-0.2, -0.15) is 0 Å². The maximum Gasteiger partial charge on any atom is 0.151 e. The van der Waals surface area contributed by atoms with Gasteiger partial charge in [0, 0.05) is 27.8 Å². The molecule has 1 heterocycles. The van der Waals surface area contributed by atoms with E-state index in [4.69, 9.17) is 0 Å². The number of benzene rings is 2. The number of aliphatic imine (C=N–C) groups is 1. The van der Waals surface area contributed by atoms with E-state index < -0.39 is 0 Å². The van der Waals surface area contributed by atoms with Crippen molar-refractivity contribution < 1.29 is 5.11 Å². The average molecular weight is 341 g/mol. The quantitative estimate of drug-likeness (QED) is 0.683. The van der Waals surface area contributed by atoms with Crippen molar-refractivity contribution in [3.63, 3.8) is 0 Å².